The van der Waals surface area contributed by atoms with Gasteiger partial charge >= 0.3 is 0 Å². The van der Waals surface area contributed by atoms with Crippen LogP contribution in [0.2, 0.25) is 0 Å². The third kappa shape index (κ3) is 3.57. The molecule has 108 valence electrons. The summed E-state index contributed by atoms with van der Waals surface area (Å²) < 4.78 is 18.4. The van der Waals surface area contributed by atoms with Crippen molar-refractivity contribution in [2.75, 3.05) is 7.11 Å². The van der Waals surface area contributed by atoms with E-state index in [1.165, 1.54) is 25.3 Å². The van der Waals surface area contributed by atoms with Crippen LogP contribution in [0.15, 0.2) is 42.5 Å². The minimum Gasteiger partial charge on any atom is -0.494 e. The van der Waals surface area contributed by atoms with E-state index in [2.05, 4.69) is 0 Å². The zero-order chi connectivity index (χ0) is 15.4. The van der Waals surface area contributed by atoms with Crippen molar-refractivity contribution in [1.82, 2.24) is 0 Å². The lowest BCUT2D eigenvalue weighted by Crippen LogP contribution is -1.98. The molecule has 21 heavy (non-hydrogen) atoms. The van der Waals surface area contributed by atoms with E-state index in [0.29, 0.717) is 11.1 Å². The maximum absolute atomic E-state index is 13.6. The predicted octanol–water partition coefficient (Wildman–Crippen LogP) is 4.35. The van der Waals surface area contributed by atoms with Gasteiger partial charge in [0.15, 0.2) is 17.3 Å². The highest BCUT2D eigenvalue weighted by molar-refractivity contribution is 6.07. The largest absolute Gasteiger partial charge is 0.494 e. The van der Waals surface area contributed by atoms with Gasteiger partial charge in [0.2, 0.25) is 0 Å². The first-order valence-electron chi connectivity index (χ1n) is 6.64. The van der Waals surface area contributed by atoms with Crippen LogP contribution in [-0.2, 0) is 0 Å². The van der Waals surface area contributed by atoms with Crippen molar-refractivity contribution < 1.29 is 13.9 Å². The van der Waals surface area contributed by atoms with Gasteiger partial charge in [0.1, 0.15) is 0 Å². The zero-order valence-corrected chi connectivity index (χ0v) is 12.3. The van der Waals surface area contributed by atoms with Crippen LogP contribution >= 0.6 is 0 Å². The second-order valence-corrected chi connectivity index (χ2v) is 4.91. The summed E-state index contributed by atoms with van der Waals surface area (Å²) >= 11 is 0. The second-order valence-electron chi connectivity index (χ2n) is 4.91. The van der Waals surface area contributed by atoms with E-state index in [9.17, 15) is 9.18 Å². The van der Waals surface area contributed by atoms with Gasteiger partial charge in [-0.15, -0.1) is 0 Å². The monoisotopic (exact) mass is 284 g/mol. The SMILES string of the molecule is COc1ccc(/C=C/C(=O)c2ccc(C)cc2C)cc1F. The van der Waals surface area contributed by atoms with Crippen molar-refractivity contribution in [2.24, 2.45) is 0 Å². The molecule has 0 aliphatic rings. The van der Waals surface area contributed by atoms with E-state index in [1.54, 1.807) is 12.1 Å². The molecule has 0 amide bonds. The Morgan fingerprint density at radius 1 is 1.14 bits per heavy atom. The van der Waals surface area contributed by atoms with E-state index >= 15 is 0 Å². The minimum absolute atomic E-state index is 0.0938. The van der Waals surface area contributed by atoms with E-state index in [4.69, 9.17) is 4.74 Å². The van der Waals surface area contributed by atoms with Crippen LogP contribution in [0.1, 0.15) is 27.0 Å². The Morgan fingerprint density at radius 2 is 1.90 bits per heavy atom. The van der Waals surface area contributed by atoms with Gasteiger partial charge in [-0.1, -0.05) is 35.9 Å². The Bertz CT molecular complexity index is 702. The smallest absolute Gasteiger partial charge is 0.186 e. The van der Waals surface area contributed by atoms with Gasteiger partial charge in [0.25, 0.3) is 0 Å². The fraction of sp³-hybridized carbons (Fsp3) is 0.167. The predicted molar refractivity (Wildman–Crippen MR) is 82.2 cm³/mol. The zero-order valence-electron chi connectivity index (χ0n) is 12.3. The summed E-state index contributed by atoms with van der Waals surface area (Å²) in [5.41, 5.74) is 3.33. The fourth-order valence-electron chi connectivity index (χ4n) is 2.14. The van der Waals surface area contributed by atoms with E-state index < -0.39 is 5.82 Å². The molecule has 0 atom stereocenters. The summed E-state index contributed by atoms with van der Waals surface area (Å²) in [5, 5.41) is 0. The number of rotatable bonds is 4. The molecule has 0 N–H and O–H groups in total. The van der Waals surface area contributed by atoms with E-state index in [-0.39, 0.29) is 11.5 Å². The first-order chi connectivity index (χ1) is 10.0. The molecule has 0 heterocycles. The van der Waals surface area contributed by atoms with Crippen molar-refractivity contribution in [2.45, 2.75) is 13.8 Å². The first-order valence-corrected chi connectivity index (χ1v) is 6.64. The van der Waals surface area contributed by atoms with Gasteiger partial charge in [-0.3, -0.25) is 4.79 Å². The first kappa shape index (κ1) is 15.0. The minimum atomic E-state index is -0.446. The molecular weight excluding hydrogens is 267 g/mol. The van der Waals surface area contributed by atoms with Gasteiger partial charge < -0.3 is 4.74 Å². The number of allylic oxidation sites excluding steroid dienone is 1. The highest BCUT2D eigenvalue weighted by Crippen LogP contribution is 2.19. The molecule has 0 aromatic heterocycles. The molecule has 2 aromatic rings. The third-order valence-electron chi connectivity index (χ3n) is 3.25. The Morgan fingerprint density at radius 3 is 2.52 bits per heavy atom. The number of halogens is 1. The Balaban J connectivity index is 2.20. The van der Waals surface area contributed by atoms with Crippen LogP contribution < -0.4 is 4.74 Å². The quantitative estimate of drug-likeness (QED) is 0.616. The van der Waals surface area contributed by atoms with Gasteiger partial charge in [0, 0.05) is 5.56 Å². The van der Waals surface area contributed by atoms with Crippen molar-refractivity contribution in [3.63, 3.8) is 0 Å². The number of ketones is 1. The van der Waals surface area contributed by atoms with Crippen LogP contribution in [0.3, 0.4) is 0 Å². The molecule has 2 aromatic carbocycles. The molecule has 2 rings (SSSR count). The molecule has 2 nitrogen and oxygen atoms in total. The van der Waals surface area contributed by atoms with Crippen molar-refractivity contribution in [3.8, 4) is 5.75 Å². The summed E-state index contributed by atoms with van der Waals surface area (Å²) in [6.45, 7) is 3.89. The number of ether oxygens (including phenoxy) is 1. The lowest BCUT2D eigenvalue weighted by atomic mass is 10.0. The molecule has 0 fully saturated rings. The molecular formula is C18H17FO2. The van der Waals surface area contributed by atoms with Crippen LogP contribution in [0.4, 0.5) is 4.39 Å². The van der Waals surface area contributed by atoms with Crippen LogP contribution in [-0.4, -0.2) is 12.9 Å². The maximum Gasteiger partial charge on any atom is 0.186 e. The summed E-state index contributed by atoms with van der Waals surface area (Å²) in [7, 11) is 1.41. The molecule has 0 spiro atoms. The van der Waals surface area contributed by atoms with Crippen LogP contribution in [0.25, 0.3) is 6.08 Å². The van der Waals surface area contributed by atoms with Gasteiger partial charge in [-0.2, -0.15) is 0 Å². The summed E-state index contributed by atoms with van der Waals surface area (Å²) in [4.78, 5) is 12.2. The molecule has 0 unspecified atom stereocenters. The second kappa shape index (κ2) is 6.35. The number of benzene rings is 2. The van der Waals surface area contributed by atoms with Gasteiger partial charge in [-0.25, -0.2) is 4.39 Å². The summed E-state index contributed by atoms with van der Waals surface area (Å²) in [6, 6.07) is 10.3. The maximum atomic E-state index is 13.6. The summed E-state index contributed by atoms with van der Waals surface area (Å²) in [5.74, 6) is -0.352. The molecule has 0 saturated carbocycles. The lowest BCUT2D eigenvalue weighted by Gasteiger charge is -2.03. The number of methoxy groups -OCH3 is 1. The third-order valence-corrected chi connectivity index (χ3v) is 3.25. The van der Waals surface area contributed by atoms with E-state index in [0.717, 1.165) is 11.1 Å². The van der Waals surface area contributed by atoms with E-state index in [1.807, 2.05) is 32.0 Å². The highest BCUT2D eigenvalue weighted by atomic mass is 19.1. The van der Waals surface area contributed by atoms with Gasteiger partial charge in [0.05, 0.1) is 7.11 Å². The van der Waals surface area contributed by atoms with Crippen LogP contribution in [0.5, 0.6) is 5.75 Å². The van der Waals surface area contributed by atoms with Crippen molar-refractivity contribution in [3.05, 3.63) is 70.5 Å². The normalized spacial score (nSPS) is 10.9. The lowest BCUT2D eigenvalue weighted by molar-refractivity contribution is 0.104. The molecule has 0 bridgehead atoms. The molecule has 0 aliphatic heterocycles. The Labute approximate surface area is 123 Å². The molecule has 3 heteroatoms. The molecule has 0 radical (unpaired) electrons. The fourth-order valence-corrected chi connectivity index (χ4v) is 2.14. The average Bonchev–Trinajstić information content (AvgIpc) is 2.45. The number of hydrogen-bond acceptors (Lipinski definition) is 2. The summed E-state index contributed by atoms with van der Waals surface area (Å²) in [6.07, 6.45) is 3.06. The topological polar surface area (TPSA) is 26.3 Å². The van der Waals surface area contributed by atoms with Crippen molar-refractivity contribution in [1.29, 1.82) is 0 Å². The number of carbonyl (C=O) groups excluding carboxylic acids is 1. The number of aryl methyl sites for hydroxylation is 2. The standard InChI is InChI=1S/C18H17FO2/c1-12-4-7-15(13(2)10-12)17(20)8-5-14-6-9-18(21-3)16(19)11-14/h4-11H,1-3H3/b8-5+. The Hall–Kier alpha value is -2.42. The van der Waals surface area contributed by atoms with Crippen LogP contribution in [0, 0.1) is 19.7 Å². The van der Waals surface area contributed by atoms with Crippen molar-refractivity contribution >= 4 is 11.9 Å². The Kier molecular flexibility index (Phi) is 4.53. The average molecular weight is 284 g/mol. The molecule has 0 saturated heterocycles. The number of carbonyl (C=O) groups is 1. The molecule has 0 aliphatic carbocycles. The highest BCUT2D eigenvalue weighted by Gasteiger charge is 2.06. The van der Waals surface area contributed by atoms with Gasteiger partial charge in [-0.05, 0) is 43.2 Å². The number of hydrogen-bond donors (Lipinski definition) is 0.